The van der Waals surface area contributed by atoms with Gasteiger partial charge in [-0.05, 0) is 38.2 Å². The summed E-state index contributed by atoms with van der Waals surface area (Å²) in [6, 6.07) is 7.66. The number of nitrogens with one attached hydrogen (secondary N) is 1. The second-order valence-electron chi connectivity index (χ2n) is 3.81. The summed E-state index contributed by atoms with van der Waals surface area (Å²) in [6.07, 6.45) is 0. The molecule has 0 aliphatic rings. The van der Waals surface area contributed by atoms with Gasteiger partial charge in [0, 0.05) is 11.0 Å². The Morgan fingerprint density at radius 1 is 1.37 bits per heavy atom. The molecule has 0 radical (unpaired) electrons. The van der Waals surface area contributed by atoms with E-state index in [4.69, 9.17) is 4.74 Å². The fourth-order valence-corrected chi connectivity index (χ4v) is 1.79. The molecular weight excluding hydrogens is 332 g/mol. The summed E-state index contributed by atoms with van der Waals surface area (Å²) in [5, 5.41) is 2.86. The Balaban J connectivity index is 0.00000324. The minimum Gasteiger partial charge on any atom is -0.492 e. The molecule has 0 fully saturated rings. The first-order valence-corrected chi connectivity index (χ1v) is 6.77. The van der Waals surface area contributed by atoms with Gasteiger partial charge in [0.15, 0.2) is 0 Å². The lowest BCUT2D eigenvalue weighted by molar-refractivity contribution is -0.130. The van der Waals surface area contributed by atoms with Gasteiger partial charge >= 0.3 is 0 Å². The van der Waals surface area contributed by atoms with E-state index in [1.807, 2.05) is 31.2 Å². The molecule has 6 heteroatoms. The first kappa shape index (κ1) is 18.2. The lowest BCUT2D eigenvalue weighted by atomic mass is 10.3. The van der Waals surface area contributed by atoms with Gasteiger partial charge in [0.1, 0.15) is 12.4 Å². The molecule has 0 saturated heterocycles. The van der Waals surface area contributed by atoms with Crippen LogP contribution < -0.4 is 10.1 Å². The van der Waals surface area contributed by atoms with Gasteiger partial charge in [-0.15, -0.1) is 12.4 Å². The van der Waals surface area contributed by atoms with Crippen molar-refractivity contribution in [1.82, 2.24) is 10.2 Å². The van der Waals surface area contributed by atoms with Gasteiger partial charge in [0.2, 0.25) is 5.91 Å². The molecule has 4 nitrogen and oxygen atoms in total. The molecule has 0 aliphatic heterocycles. The van der Waals surface area contributed by atoms with Crippen LogP contribution in [0.5, 0.6) is 5.75 Å². The molecule has 0 saturated carbocycles. The molecule has 1 rings (SSSR count). The molecule has 0 heterocycles. The van der Waals surface area contributed by atoms with Crippen molar-refractivity contribution < 1.29 is 9.53 Å². The summed E-state index contributed by atoms with van der Waals surface area (Å²) in [7, 11) is 1.77. The Kier molecular flexibility index (Phi) is 9.65. The molecule has 19 heavy (non-hydrogen) atoms. The quantitative estimate of drug-likeness (QED) is 0.820. The van der Waals surface area contributed by atoms with Crippen molar-refractivity contribution in [3.63, 3.8) is 0 Å². The summed E-state index contributed by atoms with van der Waals surface area (Å²) < 4.78 is 6.61. The van der Waals surface area contributed by atoms with Crippen LogP contribution in [0.25, 0.3) is 0 Å². The van der Waals surface area contributed by atoms with E-state index in [9.17, 15) is 4.79 Å². The van der Waals surface area contributed by atoms with E-state index >= 15 is 0 Å². The third-order valence-electron chi connectivity index (χ3n) is 2.51. The molecular formula is C13H20BrClN2O2. The van der Waals surface area contributed by atoms with Crippen molar-refractivity contribution >= 4 is 34.2 Å². The van der Waals surface area contributed by atoms with E-state index in [1.165, 1.54) is 0 Å². The molecule has 0 aromatic heterocycles. The van der Waals surface area contributed by atoms with Crippen LogP contribution in [0, 0.1) is 0 Å². The predicted molar refractivity (Wildman–Crippen MR) is 83.1 cm³/mol. The van der Waals surface area contributed by atoms with E-state index in [-0.39, 0.29) is 18.3 Å². The zero-order chi connectivity index (χ0) is 13.4. The van der Waals surface area contributed by atoms with Gasteiger partial charge < -0.3 is 15.0 Å². The number of benzene rings is 1. The maximum absolute atomic E-state index is 11.7. The van der Waals surface area contributed by atoms with E-state index in [0.717, 1.165) is 10.2 Å². The topological polar surface area (TPSA) is 41.6 Å². The number of hydrogen-bond donors (Lipinski definition) is 1. The van der Waals surface area contributed by atoms with Gasteiger partial charge in [-0.1, -0.05) is 15.9 Å². The van der Waals surface area contributed by atoms with Gasteiger partial charge in [-0.25, -0.2) is 0 Å². The molecule has 108 valence electrons. The number of nitrogens with zero attached hydrogens (tertiary/aromatic N) is 1. The molecule has 1 N–H and O–H groups in total. The normalized spacial score (nSPS) is 9.63. The van der Waals surface area contributed by atoms with Crippen molar-refractivity contribution in [1.29, 1.82) is 0 Å². The fourth-order valence-electron chi connectivity index (χ4n) is 1.53. The second-order valence-corrected chi connectivity index (χ2v) is 4.72. The van der Waals surface area contributed by atoms with Crippen molar-refractivity contribution in [3.05, 3.63) is 28.7 Å². The Morgan fingerprint density at radius 2 is 2.00 bits per heavy atom. The lowest BCUT2D eigenvalue weighted by Gasteiger charge is -2.20. The summed E-state index contributed by atoms with van der Waals surface area (Å²) >= 11 is 3.37. The van der Waals surface area contributed by atoms with Gasteiger partial charge in [0.25, 0.3) is 0 Å². The standard InChI is InChI=1S/C13H19BrN2O2.ClH/c1-3-16(13(17)10-15-2)8-9-18-12-6-4-11(14)5-7-12;/h4-7,15H,3,8-10H2,1-2H3;1H. The zero-order valence-corrected chi connectivity index (χ0v) is 13.6. The summed E-state index contributed by atoms with van der Waals surface area (Å²) in [5.41, 5.74) is 0. The summed E-state index contributed by atoms with van der Waals surface area (Å²) in [6.45, 7) is 4.14. The summed E-state index contributed by atoms with van der Waals surface area (Å²) in [4.78, 5) is 13.4. The maximum Gasteiger partial charge on any atom is 0.236 e. The Bertz CT molecular complexity index is 373. The van der Waals surface area contributed by atoms with E-state index in [1.54, 1.807) is 11.9 Å². The zero-order valence-electron chi connectivity index (χ0n) is 11.2. The first-order chi connectivity index (χ1) is 8.67. The second kappa shape index (κ2) is 10.1. The third kappa shape index (κ3) is 6.80. The van der Waals surface area contributed by atoms with Crippen LogP contribution in [0.15, 0.2) is 28.7 Å². The van der Waals surface area contributed by atoms with Crippen LogP contribution >= 0.6 is 28.3 Å². The number of ether oxygens (including phenoxy) is 1. The van der Waals surface area contributed by atoms with E-state index in [2.05, 4.69) is 21.2 Å². The van der Waals surface area contributed by atoms with Crippen molar-refractivity contribution in [2.24, 2.45) is 0 Å². The highest BCUT2D eigenvalue weighted by atomic mass is 79.9. The van der Waals surface area contributed by atoms with Gasteiger partial charge in [0.05, 0.1) is 13.1 Å². The SMILES string of the molecule is CCN(CCOc1ccc(Br)cc1)C(=O)CNC.Cl. The number of hydrogen-bond acceptors (Lipinski definition) is 3. The average molecular weight is 352 g/mol. The largest absolute Gasteiger partial charge is 0.492 e. The Hall–Kier alpha value is -0.780. The molecule has 0 spiro atoms. The van der Waals surface area contributed by atoms with Crippen LogP contribution in [0.2, 0.25) is 0 Å². The minimum atomic E-state index is 0. The van der Waals surface area contributed by atoms with E-state index < -0.39 is 0 Å². The van der Waals surface area contributed by atoms with Crippen LogP contribution in [0.3, 0.4) is 0 Å². The molecule has 0 aliphatic carbocycles. The highest BCUT2D eigenvalue weighted by molar-refractivity contribution is 9.10. The number of likely N-dealkylation sites (N-methyl/N-ethyl adjacent to an activating group) is 2. The Labute approximate surface area is 129 Å². The summed E-state index contributed by atoms with van der Waals surface area (Å²) in [5.74, 6) is 0.912. The Morgan fingerprint density at radius 3 is 2.53 bits per heavy atom. The van der Waals surface area contributed by atoms with Crippen molar-refractivity contribution in [2.75, 3.05) is 33.3 Å². The smallest absolute Gasteiger partial charge is 0.236 e. The van der Waals surface area contributed by atoms with Crippen molar-refractivity contribution in [3.8, 4) is 5.75 Å². The molecule has 0 atom stereocenters. The molecule has 0 unspecified atom stereocenters. The number of halogens is 2. The minimum absolute atomic E-state index is 0. The average Bonchev–Trinajstić information content (AvgIpc) is 2.37. The van der Waals surface area contributed by atoms with Crippen LogP contribution in [0.1, 0.15) is 6.92 Å². The molecule has 0 bridgehead atoms. The van der Waals surface area contributed by atoms with Crippen LogP contribution in [-0.4, -0.2) is 44.1 Å². The molecule has 1 aromatic carbocycles. The van der Waals surface area contributed by atoms with E-state index in [0.29, 0.717) is 26.2 Å². The first-order valence-electron chi connectivity index (χ1n) is 5.98. The predicted octanol–water partition coefficient (Wildman–Crippen LogP) is 2.32. The monoisotopic (exact) mass is 350 g/mol. The van der Waals surface area contributed by atoms with Gasteiger partial charge in [-0.2, -0.15) is 0 Å². The lowest BCUT2D eigenvalue weighted by Crippen LogP contribution is -2.39. The number of carbonyl (C=O) groups excluding carboxylic acids is 1. The fraction of sp³-hybridized carbons (Fsp3) is 0.462. The highest BCUT2D eigenvalue weighted by Gasteiger charge is 2.09. The number of amides is 1. The molecule has 1 amide bonds. The third-order valence-corrected chi connectivity index (χ3v) is 3.03. The maximum atomic E-state index is 11.7. The highest BCUT2D eigenvalue weighted by Crippen LogP contribution is 2.15. The number of carbonyl (C=O) groups is 1. The van der Waals surface area contributed by atoms with Crippen LogP contribution in [0.4, 0.5) is 0 Å². The number of rotatable bonds is 7. The van der Waals surface area contributed by atoms with Gasteiger partial charge in [-0.3, -0.25) is 4.79 Å². The van der Waals surface area contributed by atoms with Crippen LogP contribution in [-0.2, 0) is 4.79 Å². The van der Waals surface area contributed by atoms with Crippen molar-refractivity contribution in [2.45, 2.75) is 6.92 Å². The molecule has 1 aromatic rings.